The predicted molar refractivity (Wildman–Crippen MR) is 73.1 cm³/mol. The van der Waals surface area contributed by atoms with E-state index in [4.69, 9.17) is 5.11 Å². The second kappa shape index (κ2) is 6.24. The van der Waals surface area contributed by atoms with Gasteiger partial charge < -0.3 is 10.4 Å². The summed E-state index contributed by atoms with van der Waals surface area (Å²) in [5.41, 5.74) is 1.14. The van der Waals surface area contributed by atoms with Crippen LogP contribution in [0.15, 0.2) is 48.9 Å². The molecule has 0 aliphatic carbocycles. The van der Waals surface area contributed by atoms with E-state index in [1.807, 2.05) is 0 Å². The Morgan fingerprint density at radius 2 is 1.90 bits per heavy atom. The molecule has 0 saturated carbocycles. The Bertz CT molecular complexity index is 636. The van der Waals surface area contributed by atoms with Gasteiger partial charge in [0.05, 0.1) is 6.20 Å². The standard InChI is InChI=1S/C14H11N3O3/c18-13(19)6-3-10-1-4-11(5-2-10)14(20)17-12-9-15-7-8-16-12/h1-9H,(H,18,19)(H,16,17,20). The van der Waals surface area contributed by atoms with Crippen molar-refractivity contribution < 1.29 is 14.7 Å². The predicted octanol–water partition coefficient (Wildman–Crippen LogP) is 1.83. The van der Waals surface area contributed by atoms with E-state index in [0.717, 1.165) is 6.08 Å². The summed E-state index contributed by atoms with van der Waals surface area (Å²) in [6, 6.07) is 6.52. The molecule has 1 amide bonds. The maximum atomic E-state index is 11.9. The number of anilines is 1. The molecule has 0 bridgehead atoms. The first-order valence-corrected chi connectivity index (χ1v) is 5.73. The zero-order chi connectivity index (χ0) is 14.4. The van der Waals surface area contributed by atoms with Gasteiger partial charge in [0.2, 0.25) is 0 Å². The topological polar surface area (TPSA) is 92.2 Å². The third kappa shape index (κ3) is 3.74. The molecule has 2 aromatic rings. The molecule has 2 N–H and O–H groups in total. The Morgan fingerprint density at radius 3 is 2.50 bits per heavy atom. The highest BCUT2D eigenvalue weighted by Crippen LogP contribution is 2.08. The molecule has 0 spiro atoms. The summed E-state index contributed by atoms with van der Waals surface area (Å²) < 4.78 is 0. The summed E-state index contributed by atoms with van der Waals surface area (Å²) in [5, 5.41) is 11.1. The lowest BCUT2D eigenvalue weighted by atomic mass is 10.1. The second-order valence-electron chi connectivity index (χ2n) is 3.84. The van der Waals surface area contributed by atoms with E-state index in [1.54, 1.807) is 24.3 Å². The number of carboxylic acid groups (broad SMARTS) is 1. The SMILES string of the molecule is O=C(O)C=Cc1ccc(C(=O)Nc2cnccn2)cc1. The Balaban J connectivity index is 2.06. The zero-order valence-corrected chi connectivity index (χ0v) is 10.4. The number of hydrogen-bond acceptors (Lipinski definition) is 4. The number of hydrogen-bond donors (Lipinski definition) is 2. The van der Waals surface area contributed by atoms with Crippen molar-refractivity contribution in [3.63, 3.8) is 0 Å². The third-order valence-electron chi connectivity index (χ3n) is 2.40. The first-order valence-electron chi connectivity index (χ1n) is 5.73. The monoisotopic (exact) mass is 269 g/mol. The van der Waals surface area contributed by atoms with Crippen molar-refractivity contribution in [2.24, 2.45) is 0 Å². The van der Waals surface area contributed by atoms with Crippen LogP contribution >= 0.6 is 0 Å². The fourth-order valence-corrected chi connectivity index (χ4v) is 1.47. The van der Waals surface area contributed by atoms with Crippen molar-refractivity contribution in [1.82, 2.24) is 9.97 Å². The van der Waals surface area contributed by atoms with E-state index in [0.29, 0.717) is 16.9 Å². The minimum Gasteiger partial charge on any atom is -0.478 e. The Labute approximate surface area is 114 Å². The molecular formula is C14H11N3O3. The number of rotatable bonds is 4. The van der Waals surface area contributed by atoms with Crippen LogP contribution in [0.5, 0.6) is 0 Å². The van der Waals surface area contributed by atoms with Gasteiger partial charge in [-0.1, -0.05) is 12.1 Å². The van der Waals surface area contributed by atoms with Gasteiger partial charge in [-0.3, -0.25) is 9.78 Å². The molecule has 2 rings (SSSR count). The first-order chi connectivity index (χ1) is 9.65. The zero-order valence-electron chi connectivity index (χ0n) is 10.4. The van der Waals surface area contributed by atoms with Gasteiger partial charge in [0.1, 0.15) is 0 Å². The summed E-state index contributed by atoms with van der Waals surface area (Å²) in [7, 11) is 0. The first kappa shape index (κ1) is 13.4. The van der Waals surface area contributed by atoms with Crippen LogP contribution in [0.4, 0.5) is 5.82 Å². The molecule has 6 nitrogen and oxygen atoms in total. The molecule has 0 aliphatic rings. The Morgan fingerprint density at radius 1 is 1.15 bits per heavy atom. The van der Waals surface area contributed by atoms with Crippen molar-refractivity contribution in [3.05, 3.63) is 60.1 Å². The van der Waals surface area contributed by atoms with Crippen molar-refractivity contribution in [3.8, 4) is 0 Å². The fourth-order valence-electron chi connectivity index (χ4n) is 1.47. The number of nitrogens with zero attached hydrogens (tertiary/aromatic N) is 2. The van der Waals surface area contributed by atoms with Gasteiger partial charge in [-0.2, -0.15) is 0 Å². The number of benzene rings is 1. The van der Waals surface area contributed by atoms with Crippen LogP contribution in [0.3, 0.4) is 0 Å². The number of nitrogens with one attached hydrogen (secondary N) is 1. The molecule has 6 heteroatoms. The number of aliphatic carboxylic acids is 1. The van der Waals surface area contributed by atoms with Gasteiger partial charge in [0.15, 0.2) is 5.82 Å². The molecule has 0 unspecified atom stereocenters. The maximum absolute atomic E-state index is 11.9. The number of carbonyl (C=O) groups is 2. The lowest BCUT2D eigenvalue weighted by Crippen LogP contribution is -2.12. The van der Waals surface area contributed by atoms with Gasteiger partial charge in [-0.15, -0.1) is 0 Å². The fraction of sp³-hybridized carbons (Fsp3) is 0. The third-order valence-corrected chi connectivity index (χ3v) is 2.40. The molecule has 0 radical (unpaired) electrons. The summed E-state index contributed by atoms with van der Waals surface area (Å²) >= 11 is 0. The van der Waals surface area contributed by atoms with Crippen LogP contribution < -0.4 is 5.32 Å². The van der Waals surface area contributed by atoms with Crippen LogP contribution in [-0.2, 0) is 4.79 Å². The van der Waals surface area contributed by atoms with Gasteiger partial charge in [0.25, 0.3) is 5.91 Å². The second-order valence-corrected chi connectivity index (χ2v) is 3.84. The molecule has 1 heterocycles. The van der Waals surface area contributed by atoms with Crippen molar-refractivity contribution in [1.29, 1.82) is 0 Å². The van der Waals surface area contributed by atoms with Gasteiger partial charge in [-0.05, 0) is 23.8 Å². The Hall–Kier alpha value is -3.02. The van der Waals surface area contributed by atoms with Crippen molar-refractivity contribution in [2.75, 3.05) is 5.32 Å². The van der Waals surface area contributed by atoms with E-state index >= 15 is 0 Å². The molecule has 0 saturated heterocycles. The summed E-state index contributed by atoms with van der Waals surface area (Å²) in [6.07, 6.45) is 6.93. The van der Waals surface area contributed by atoms with Gasteiger partial charge >= 0.3 is 5.97 Å². The molecule has 20 heavy (non-hydrogen) atoms. The van der Waals surface area contributed by atoms with Crippen LogP contribution in [0.1, 0.15) is 15.9 Å². The highest BCUT2D eigenvalue weighted by molar-refractivity contribution is 6.03. The smallest absolute Gasteiger partial charge is 0.328 e. The van der Waals surface area contributed by atoms with E-state index < -0.39 is 5.97 Å². The summed E-state index contributed by atoms with van der Waals surface area (Å²) in [6.45, 7) is 0. The molecular weight excluding hydrogens is 258 g/mol. The average molecular weight is 269 g/mol. The van der Waals surface area contributed by atoms with Crippen molar-refractivity contribution >= 4 is 23.8 Å². The van der Waals surface area contributed by atoms with Gasteiger partial charge in [-0.25, -0.2) is 9.78 Å². The van der Waals surface area contributed by atoms with Gasteiger partial charge in [0, 0.05) is 24.0 Å². The normalized spacial score (nSPS) is 10.4. The summed E-state index contributed by atoms with van der Waals surface area (Å²) in [4.78, 5) is 30.1. The number of carboxylic acids is 1. The van der Waals surface area contributed by atoms with E-state index in [9.17, 15) is 9.59 Å². The molecule has 1 aromatic heterocycles. The minimum absolute atomic E-state index is 0.306. The largest absolute Gasteiger partial charge is 0.478 e. The van der Waals surface area contributed by atoms with Crippen LogP contribution in [0.25, 0.3) is 6.08 Å². The highest BCUT2D eigenvalue weighted by Gasteiger charge is 2.06. The van der Waals surface area contributed by atoms with E-state index in [-0.39, 0.29) is 5.91 Å². The lowest BCUT2D eigenvalue weighted by molar-refractivity contribution is -0.131. The number of amides is 1. The molecule has 100 valence electrons. The molecule has 0 aliphatic heterocycles. The highest BCUT2D eigenvalue weighted by atomic mass is 16.4. The average Bonchev–Trinajstić information content (AvgIpc) is 2.46. The molecule has 0 fully saturated rings. The molecule has 0 atom stereocenters. The summed E-state index contributed by atoms with van der Waals surface area (Å²) in [5.74, 6) is -0.957. The number of aromatic nitrogens is 2. The molecule has 1 aromatic carbocycles. The van der Waals surface area contributed by atoms with Crippen LogP contribution in [0.2, 0.25) is 0 Å². The van der Waals surface area contributed by atoms with Crippen LogP contribution in [0, 0.1) is 0 Å². The van der Waals surface area contributed by atoms with E-state index in [2.05, 4.69) is 15.3 Å². The van der Waals surface area contributed by atoms with E-state index in [1.165, 1.54) is 24.7 Å². The Kier molecular flexibility index (Phi) is 4.18. The minimum atomic E-state index is -1.02. The quantitative estimate of drug-likeness (QED) is 0.826. The number of carbonyl (C=O) groups excluding carboxylic acids is 1. The van der Waals surface area contributed by atoms with Crippen LogP contribution in [-0.4, -0.2) is 27.0 Å². The van der Waals surface area contributed by atoms with Crippen molar-refractivity contribution in [2.45, 2.75) is 0 Å². The maximum Gasteiger partial charge on any atom is 0.328 e. The lowest BCUT2D eigenvalue weighted by Gasteiger charge is -2.03.